The fraction of sp³-hybridized carbons (Fsp3) is 0.136. The van der Waals surface area contributed by atoms with Crippen LogP contribution in [0, 0.1) is 125 Å². The zero-order chi connectivity index (χ0) is 92.9. The molecule has 0 atom stereocenters. The van der Waals surface area contributed by atoms with Crippen LogP contribution in [0.4, 0.5) is 0 Å². The number of fused-ring (bicyclic) bond motifs is 3. The lowest BCUT2D eigenvalue weighted by Gasteiger charge is -2.26. The van der Waals surface area contributed by atoms with Gasteiger partial charge in [0.15, 0.2) is 0 Å². The normalized spacial score (nSPS) is 11.8. The number of benzene rings is 24. The Morgan fingerprint density at radius 3 is 0.659 bits per heavy atom. The Kier molecular flexibility index (Phi) is 21.5. The van der Waals surface area contributed by atoms with Crippen molar-refractivity contribution in [2.45, 2.75) is 125 Å². The summed E-state index contributed by atoms with van der Waals surface area (Å²) >= 11 is 0. The molecule has 0 aliphatic heterocycles. The van der Waals surface area contributed by atoms with E-state index < -0.39 is 0 Å². The third kappa shape index (κ3) is 14.6. The van der Waals surface area contributed by atoms with Gasteiger partial charge in [-0.15, -0.1) is 0 Å². The van der Waals surface area contributed by atoms with E-state index in [1.54, 1.807) is 0 Å². The highest BCUT2D eigenvalue weighted by atomic mass is 14.3. The Bertz CT molecular complexity index is 8360. The van der Waals surface area contributed by atoms with E-state index in [0.717, 1.165) is 0 Å². The molecule has 0 heterocycles. The Balaban J connectivity index is 0.000000118. The molecule has 0 spiro atoms. The summed E-state index contributed by atoms with van der Waals surface area (Å²) in [4.78, 5) is 0. The first-order valence-corrected chi connectivity index (χ1v) is 48.4. The van der Waals surface area contributed by atoms with Crippen LogP contribution in [0.3, 0.4) is 0 Å². The quantitative estimate of drug-likeness (QED) is 0.0845. The van der Waals surface area contributed by atoms with E-state index in [0.29, 0.717) is 0 Å². The molecule has 0 nitrogen and oxygen atoms in total. The van der Waals surface area contributed by atoms with Crippen LogP contribution in [-0.2, 0) is 0 Å². The molecule has 24 aromatic rings. The zero-order valence-electron chi connectivity index (χ0n) is 81.1. The van der Waals surface area contributed by atoms with Gasteiger partial charge in [0.25, 0.3) is 0 Å². The standard InChI is InChI=1S/3C44H37B/c1-26-22-28(3)43(29(4)23-26)45(44-30(5)24-27(2)25-31(44)6)40-21-17-34-15-19-38-37(18-14-33-16-20-39(40)42(34)41(33)38)36-13-9-11-32-10-7-8-12-35(32)36;1-26-22-28(3)43(29(4)23-26)45(44-30(5)24-27(2)25-31(44)6)40-21-17-34-15-14-33-16-18-37(38-19-20-39(40)42(34)41(33)38)36-13-9-11-32-10-7-8-12-35(32)36;1-26-21-28(3)43(29(4)22-26)45(44-30(5)23-27(2)24-31(44)6)40-20-16-34-14-18-38-37(17-13-33-15-19-39(40)42(34)41(33)38)36-12-11-32-9-7-8-10-35(32)25-36/h3*7-25H,1-6H3. The average molecular weight is 1730 g/mol. The predicted molar refractivity (Wildman–Crippen MR) is 597 cm³/mol. The molecule has 0 fully saturated rings. The van der Waals surface area contributed by atoms with Crippen molar-refractivity contribution >= 4 is 199 Å². The summed E-state index contributed by atoms with van der Waals surface area (Å²) in [6, 6.07) is 131. The molecular weight excluding hydrogens is 1620 g/mol. The van der Waals surface area contributed by atoms with Crippen molar-refractivity contribution in [1.82, 2.24) is 0 Å². The van der Waals surface area contributed by atoms with E-state index >= 15 is 0 Å². The third-order valence-corrected chi connectivity index (χ3v) is 30.4. The number of hydrogen-bond acceptors (Lipinski definition) is 0. The molecule has 0 unspecified atom stereocenters. The molecule has 648 valence electrons. The fourth-order valence-corrected chi connectivity index (χ4v) is 25.5. The molecule has 0 aliphatic carbocycles. The predicted octanol–water partition coefficient (Wildman–Crippen LogP) is 29.3. The summed E-state index contributed by atoms with van der Waals surface area (Å²) < 4.78 is 0. The molecule has 24 aromatic carbocycles. The third-order valence-electron chi connectivity index (χ3n) is 30.4. The molecule has 0 aliphatic rings. The maximum atomic E-state index is 2.42. The van der Waals surface area contributed by atoms with Gasteiger partial charge in [0.2, 0.25) is 20.1 Å². The van der Waals surface area contributed by atoms with Gasteiger partial charge in [-0.05, 0) is 293 Å². The molecular formula is C132H111B3. The van der Waals surface area contributed by atoms with Gasteiger partial charge in [-0.25, -0.2) is 0 Å². The average Bonchev–Trinajstić information content (AvgIpc) is 0.722. The summed E-state index contributed by atoms with van der Waals surface area (Å²) in [7, 11) is 0. The van der Waals surface area contributed by atoms with Crippen LogP contribution in [0.25, 0.3) is 163 Å². The summed E-state index contributed by atoms with van der Waals surface area (Å²) in [6.45, 7) is 41.3. The number of aryl methyl sites for hydroxylation is 18. The summed E-state index contributed by atoms with van der Waals surface area (Å²) in [6.07, 6.45) is 0. The molecule has 0 saturated carbocycles. The van der Waals surface area contributed by atoms with Crippen LogP contribution < -0.4 is 49.2 Å². The second-order valence-electron chi connectivity index (χ2n) is 39.9. The topological polar surface area (TPSA) is 0 Å². The van der Waals surface area contributed by atoms with Gasteiger partial charge in [0.1, 0.15) is 0 Å². The van der Waals surface area contributed by atoms with Gasteiger partial charge >= 0.3 is 0 Å². The minimum Gasteiger partial charge on any atom is -0.0657 e. The number of rotatable bonds is 12. The Morgan fingerprint density at radius 1 is 0.133 bits per heavy atom. The van der Waals surface area contributed by atoms with E-state index in [1.165, 1.54) is 312 Å². The van der Waals surface area contributed by atoms with Crippen molar-refractivity contribution in [2.75, 3.05) is 0 Å². The molecule has 0 amide bonds. The van der Waals surface area contributed by atoms with Crippen LogP contribution in [-0.4, -0.2) is 20.1 Å². The van der Waals surface area contributed by atoms with Crippen LogP contribution >= 0.6 is 0 Å². The minimum absolute atomic E-state index is 0.133. The first-order valence-electron chi connectivity index (χ1n) is 48.4. The molecule has 135 heavy (non-hydrogen) atoms. The molecule has 0 bridgehead atoms. The molecule has 0 aromatic heterocycles. The van der Waals surface area contributed by atoms with Crippen molar-refractivity contribution in [3.63, 3.8) is 0 Å². The minimum atomic E-state index is 0.133. The molecule has 0 radical (unpaired) electrons. The summed E-state index contributed by atoms with van der Waals surface area (Å²) in [5.41, 5.74) is 44.8. The highest BCUT2D eigenvalue weighted by molar-refractivity contribution is 6.99. The summed E-state index contributed by atoms with van der Waals surface area (Å²) in [5.74, 6) is 0. The van der Waals surface area contributed by atoms with Crippen molar-refractivity contribution in [1.29, 1.82) is 0 Å². The van der Waals surface area contributed by atoms with Crippen LogP contribution in [0.2, 0.25) is 0 Å². The Morgan fingerprint density at radius 2 is 0.341 bits per heavy atom. The van der Waals surface area contributed by atoms with Crippen molar-refractivity contribution in [2.24, 2.45) is 0 Å². The van der Waals surface area contributed by atoms with Crippen LogP contribution in [0.15, 0.2) is 346 Å². The highest BCUT2D eigenvalue weighted by Gasteiger charge is 2.36. The van der Waals surface area contributed by atoms with Gasteiger partial charge < -0.3 is 0 Å². The van der Waals surface area contributed by atoms with Gasteiger partial charge in [-0.3, -0.25) is 0 Å². The monoisotopic (exact) mass is 1730 g/mol. The lowest BCUT2D eigenvalue weighted by atomic mass is 9.33. The maximum absolute atomic E-state index is 2.42. The van der Waals surface area contributed by atoms with Crippen LogP contribution in [0.1, 0.15) is 100 Å². The molecule has 24 rings (SSSR count). The maximum Gasteiger partial charge on any atom is 0.243 e. The summed E-state index contributed by atoms with van der Waals surface area (Å²) in [5, 5.41) is 31.7. The lowest BCUT2D eigenvalue weighted by Crippen LogP contribution is -2.56. The Hall–Kier alpha value is -14.6. The molecule has 3 heteroatoms. The van der Waals surface area contributed by atoms with E-state index in [2.05, 4.69) is 470 Å². The van der Waals surface area contributed by atoms with E-state index in [9.17, 15) is 0 Å². The van der Waals surface area contributed by atoms with E-state index in [-0.39, 0.29) is 20.1 Å². The van der Waals surface area contributed by atoms with Gasteiger partial charge in [-0.1, -0.05) is 489 Å². The highest BCUT2D eigenvalue weighted by Crippen LogP contribution is 2.46. The van der Waals surface area contributed by atoms with E-state index in [4.69, 9.17) is 0 Å². The van der Waals surface area contributed by atoms with E-state index in [1.807, 2.05) is 0 Å². The zero-order valence-corrected chi connectivity index (χ0v) is 81.1. The molecule has 0 N–H and O–H groups in total. The second kappa shape index (κ2) is 33.8. The van der Waals surface area contributed by atoms with Gasteiger partial charge in [0.05, 0.1) is 0 Å². The Labute approximate surface area is 796 Å². The first-order chi connectivity index (χ1) is 65.4. The van der Waals surface area contributed by atoms with Crippen molar-refractivity contribution in [3.05, 3.63) is 446 Å². The number of hydrogen-bond donors (Lipinski definition) is 0. The van der Waals surface area contributed by atoms with Crippen molar-refractivity contribution < 1.29 is 0 Å². The molecule has 0 saturated heterocycles. The first kappa shape index (κ1) is 85.8. The SMILES string of the molecule is Cc1cc(C)c(B(c2c(C)cc(C)cc2C)c2ccc3ccc4c(-c5ccc6ccccc6c5)ccc5ccc2c3c54)c(C)c1.Cc1cc(C)c(B(c2c(C)cc(C)cc2C)c2ccc3ccc4c(-c5cccc6ccccc56)ccc5ccc2c3c54)c(C)c1.Cc1cc(C)c(B(c2c(C)cc(C)cc2C)c2ccc3ccc4ccc(-c5cccc6ccccc56)c5ccc2c3c45)c(C)c1. The fourth-order valence-electron chi connectivity index (χ4n) is 25.5. The van der Waals surface area contributed by atoms with Crippen LogP contribution in [0.5, 0.6) is 0 Å². The second-order valence-corrected chi connectivity index (χ2v) is 39.9. The smallest absolute Gasteiger partial charge is 0.0657 e. The van der Waals surface area contributed by atoms with Crippen molar-refractivity contribution in [3.8, 4) is 33.4 Å². The van der Waals surface area contributed by atoms with Gasteiger partial charge in [-0.2, -0.15) is 0 Å². The lowest BCUT2D eigenvalue weighted by molar-refractivity contribution is 1.34. The largest absolute Gasteiger partial charge is 0.243 e. The van der Waals surface area contributed by atoms with Gasteiger partial charge in [0, 0.05) is 0 Å².